The van der Waals surface area contributed by atoms with Crippen LogP contribution in [0.25, 0.3) is 10.9 Å². The molecule has 1 aromatic heterocycles. The summed E-state index contributed by atoms with van der Waals surface area (Å²) in [6, 6.07) is 9.27. The number of primary amides is 1. The summed E-state index contributed by atoms with van der Waals surface area (Å²) in [6.07, 6.45) is 4.11. The largest absolute Gasteiger partial charge is 0.475 e. The molecule has 4 N–H and O–H groups in total. The fourth-order valence-electron chi connectivity index (χ4n) is 2.82. The van der Waals surface area contributed by atoms with Crippen molar-refractivity contribution in [2.24, 2.45) is 11.5 Å². The number of carbonyl (C=O) groups excluding carboxylic acids is 1. The molecule has 2 aromatic rings. The third-order valence-electron chi connectivity index (χ3n) is 4.05. The van der Waals surface area contributed by atoms with Crippen molar-refractivity contribution in [3.63, 3.8) is 0 Å². The normalized spacial score (nSPS) is 17.0. The number of hydrogen-bond acceptors (Lipinski definition) is 4. The van der Waals surface area contributed by atoms with Crippen molar-refractivity contribution in [1.29, 1.82) is 0 Å². The van der Waals surface area contributed by atoms with Crippen LogP contribution in [0.15, 0.2) is 30.3 Å². The average Bonchev–Trinajstić information content (AvgIpc) is 2.91. The smallest absolute Gasteiger partial charge is 0.254 e. The number of benzene rings is 1. The molecule has 0 bridgehead atoms. The molecule has 1 heterocycles. The third-order valence-corrected chi connectivity index (χ3v) is 4.05. The van der Waals surface area contributed by atoms with Crippen LogP contribution in [0, 0.1) is 0 Å². The molecule has 3 rings (SSSR count). The first-order valence-corrected chi connectivity index (χ1v) is 7.19. The third kappa shape index (κ3) is 2.83. The molecular weight excluding hydrogens is 266 g/mol. The average molecular weight is 285 g/mol. The van der Waals surface area contributed by atoms with Gasteiger partial charge in [-0.2, -0.15) is 0 Å². The quantitative estimate of drug-likeness (QED) is 0.898. The van der Waals surface area contributed by atoms with Crippen molar-refractivity contribution in [2.45, 2.75) is 31.2 Å². The molecule has 110 valence electrons. The zero-order valence-corrected chi connectivity index (χ0v) is 11.8. The predicted molar refractivity (Wildman–Crippen MR) is 81.1 cm³/mol. The van der Waals surface area contributed by atoms with Crippen molar-refractivity contribution in [1.82, 2.24) is 4.98 Å². The molecule has 0 spiro atoms. The van der Waals surface area contributed by atoms with E-state index in [1.165, 1.54) is 0 Å². The van der Waals surface area contributed by atoms with Gasteiger partial charge in [0.2, 0.25) is 5.88 Å². The Hall–Kier alpha value is -2.14. The molecule has 0 unspecified atom stereocenters. The Morgan fingerprint density at radius 2 is 2.00 bits per heavy atom. The van der Waals surface area contributed by atoms with E-state index in [1.807, 2.05) is 24.3 Å². The van der Waals surface area contributed by atoms with Crippen LogP contribution in [0.1, 0.15) is 36.0 Å². The Bertz CT molecular complexity index is 678. The number of aromatic nitrogens is 1. The monoisotopic (exact) mass is 285 g/mol. The van der Waals surface area contributed by atoms with Crippen LogP contribution in [-0.2, 0) is 0 Å². The molecule has 1 aromatic carbocycles. The summed E-state index contributed by atoms with van der Waals surface area (Å²) in [4.78, 5) is 16.0. The van der Waals surface area contributed by atoms with E-state index in [2.05, 4.69) is 4.98 Å². The van der Waals surface area contributed by atoms with Gasteiger partial charge in [0, 0.05) is 5.39 Å². The Morgan fingerprint density at radius 1 is 1.29 bits per heavy atom. The van der Waals surface area contributed by atoms with E-state index in [0.717, 1.165) is 36.6 Å². The molecule has 0 radical (unpaired) electrons. The number of pyridine rings is 1. The molecule has 0 aliphatic heterocycles. The summed E-state index contributed by atoms with van der Waals surface area (Å²) in [5.74, 6) is -0.265. The van der Waals surface area contributed by atoms with Crippen LogP contribution < -0.4 is 16.2 Å². The number of amides is 1. The van der Waals surface area contributed by atoms with Gasteiger partial charge in [0.25, 0.3) is 5.91 Å². The summed E-state index contributed by atoms with van der Waals surface area (Å²) < 4.78 is 5.76. The van der Waals surface area contributed by atoms with E-state index in [0.29, 0.717) is 12.2 Å². The van der Waals surface area contributed by atoms with Crippen molar-refractivity contribution in [3.05, 3.63) is 35.9 Å². The maximum Gasteiger partial charge on any atom is 0.254 e. The Labute approximate surface area is 123 Å². The maximum absolute atomic E-state index is 11.6. The lowest BCUT2D eigenvalue weighted by Crippen LogP contribution is -2.42. The second kappa shape index (κ2) is 5.33. The van der Waals surface area contributed by atoms with E-state index < -0.39 is 5.91 Å². The molecule has 1 aliphatic rings. The molecule has 5 heteroatoms. The van der Waals surface area contributed by atoms with Crippen LogP contribution in [0.2, 0.25) is 0 Å². The first kappa shape index (κ1) is 13.8. The van der Waals surface area contributed by atoms with Crippen molar-refractivity contribution in [2.75, 3.05) is 6.61 Å². The predicted octanol–water partition coefficient (Wildman–Crippen LogP) is 1.98. The minimum Gasteiger partial charge on any atom is -0.475 e. The standard InChI is InChI=1S/C16H19N3O2/c17-14(20)12-9-11-5-1-2-6-13(11)19-15(12)21-10-16(18)7-3-4-8-16/h1-2,5-6,9H,3-4,7-8,10,18H2,(H2,17,20). The minimum atomic E-state index is -0.541. The number of ether oxygens (including phenoxy) is 1. The zero-order chi connectivity index (χ0) is 14.9. The summed E-state index contributed by atoms with van der Waals surface area (Å²) in [7, 11) is 0. The van der Waals surface area contributed by atoms with E-state index in [4.69, 9.17) is 16.2 Å². The number of rotatable bonds is 4. The molecule has 1 aliphatic carbocycles. The lowest BCUT2D eigenvalue weighted by Gasteiger charge is -2.23. The molecular formula is C16H19N3O2. The Kier molecular flexibility index (Phi) is 3.51. The molecule has 1 amide bonds. The van der Waals surface area contributed by atoms with Crippen LogP contribution in [-0.4, -0.2) is 23.0 Å². The van der Waals surface area contributed by atoms with Crippen molar-refractivity contribution < 1.29 is 9.53 Å². The first-order valence-electron chi connectivity index (χ1n) is 7.19. The van der Waals surface area contributed by atoms with Gasteiger partial charge in [-0.3, -0.25) is 4.79 Å². The van der Waals surface area contributed by atoms with E-state index >= 15 is 0 Å². The van der Waals surface area contributed by atoms with Crippen LogP contribution in [0.3, 0.4) is 0 Å². The van der Waals surface area contributed by atoms with Gasteiger partial charge in [-0.25, -0.2) is 4.98 Å². The highest BCUT2D eigenvalue weighted by molar-refractivity contribution is 5.98. The summed E-state index contributed by atoms with van der Waals surface area (Å²) in [5.41, 5.74) is 12.5. The number of para-hydroxylation sites is 1. The maximum atomic E-state index is 11.6. The number of nitrogens with two attached hydrogens (primary N) is 2. The molecule has 5 nitrogen and oxygen atoms in total. The SMILES string of the molecule is NC(=O)c1cc2ccccc2nc1OCC1(N)CCCC1. The van der Waals surface area contributed by atoms with Gasteiger partial charge in [-0.05, 0) is 25.0 Å². The Morgan fingerprint density at radius 3 is 2.71 bits per heavy atom. The molecule has 0 atom stereocenters. The number of nitrogens with zero attached hydrogens (tertiary/aromatic N) is 1. The van der Waals surface area contributed by atoms with E-state index in [1.54, 1.807) is 6.07 Å². The molecule has 1 fully saturated rings. The fourth-order valence-corrected chi connectivity index (χ4v) is 2.82. The van der Waals surface area contributed by atoms with Crippen LogP contribution >= 0.6 is 0 Å². The van der Waals surface area contributed by atoms with Gasteiger partial charge in [0.15, 0.2) is 0 Å². The van der Waals surface area contributed by atoms with Crippen molar-refractivity contribution >= 4 is 16.8 Å². The number of fused-ring (bicyclic) bond motifs is 1. The number of carbonyl (C=O) groups is 1. The van der Waals surface area contributed by atoms with Gasteiger partial charge in [-0.15, -0.1) is 0 Å². The highest BCUT2D eigenvalue weighted by atomic mass is 16.5. The summed E-state index contributed by atoms with van der Waals surface area (Å²) in [6.45, 7) is 0.360. The van der Waals surface area contributed by atoms with Crippen LogP contribution in [0.5, 0.6) is 5.88 Å². The lowest BCUT2D eigenvalue weighted by molar-refractivity contribution is 0.0993. The Balaban J connectivity index is 1.92. The van der Waals surface area contributed by atoms with Gasteiger partial charge in [0.05, 0.1) is 11.1 Å². The first-order chi connectivity index (χ1) is 10.1. The highest BCUT2D eigenvalue weighted by Gasteiger charge is 2.30. The number of hydrogen-bond donors (Lipinski definition) is 2. The summed E-state index contributed by atoms with van der Waals surface area (Å²) >= 11 is 0. The van der Waals surface area contributed by atoms with Gasteiger partial charge in [-0.1, -0.05) is 31.0 Å². The minimum absolute atomic E-state index is 0.276. The van der Waals surface area contributed by atoms with E-state index in [-0.39, 0.29) is 11.4 Å². The fraction of sp³-hybridized carbons (Fsp3) is 0.375. The second-order valence-corrected chi connectivity index (χ2v) is 5.76. The highest BCUT2D eigenvalue weighted by Crippen LogP contribution is 2.29. The van der Waals surface area contributed by atoms with Crippen molar-refractivity contribution in [3.8, 4) is 5.88 Å². The van der Waals surface area contributed by atoms with Gasteiger partial charge < -0.3 is 16.2 Å². The van der Waals surface area contributed by atoms with Gasteiger partial charge in [0.1, 0.15) is 12.2 Å². The lowest BCUT2D eigenvalue weighted by atomic mass is 10.0. The van der Waals surface area contributed by atoms with E-state index in [9.17, 15) is 4.79 Å². The molecule has 21 heavy (non-hydrogen) atoms. The topological polar surface area (TPSA) is 91.2 Å². The second-order valence-electron chi connectivity index (χ2n) is 5.76. The molecule has 0 saturated heterocycles. The van der Waals surface area contributed by atoms with Gasteiger partial charge >= 0.3 is 0 Å². The zero-order valence-electron chi connectivity index (χ0n) is 11.8. The molecule has 1 saturated carbocycles. The van der Waals surface area contributed by atoms with Crippen LogP contribution in [0.4, 0.5) is 0 Å². The summed E-state index contributed by atoms with van der Waals surface area (Å²) in [5, 5.41) is 0.863.